The van der Waals surface area contributed by atoms with Crippen LogP contribution >= 0.6 is 0 Å². The van der Waals surface area contributed by atoms with Gasteiger partial charge in [0.1, 0.15) is 0 Å². The SMILES string of the molecule is c1ccc(-c2ccc(N(c3ccc(-c4ccccc4)cc3)c3cccc(-c4ccc5c(c4)c4ccccc4n5-c4cccc(-n5c6ccccc6c6ccccc65)c4)c3)cc2)cc1. The molecule has 0 saturated heterocycles. The number of fused-ring (bicyclic) bond motifs is 6. The second-order valence-electron chi connectivity index (χ2n) is 16.2. The highest BCUT2D eigenvalue weighted by Crippen LogP contribution is 2.41. The zero-order valence-electron chi connectivity index (χ0n) is 34.5. The van der Waals surface area contributed by atoms with Crippen LogP contribution in [0.4, 0.5) is 17.1 Å². The first-order valence-corrected chi connectivity index (χ1v) is 21.6. The summed E-state index contributed by atoms with van der Waals surface area (Å²) in [6, 6.07) is 90.1. The van der Waals surface area contributed by atoms with Gasteiger partial charge in [-0.25, -0.2) is 0 Å². The van der Waals surface area contributed by atoms with Gasteiger partial charge in [0.2, 0.25) is 0 Å². The zero-order chi connectivity index (χ0) is 41.7. The lowest BCUT2D eigenvalue weighted by atomic mass is 10.0. The Balaban J connectivity index is 0.958. The van der Waals surface area contributed by atoms with E-state index in [0.717, 1.165) is 34.0 Å². The van der Waals surface area contributed by atoms with Gasteiger partial charge in [0.05, 0.1) is 22.1 Å². The number of aromatic nitrogens is 2. The van der Waals surface area contributed by atoms with Crippen molar-refractivity contribution in [1.82, 2.24) is 9.13 Å². The molecule has 2 heterocycles. The quantitative estimate of drug-likeness (QED) is 0.149. The first-order chi connectivity index (χ1) is 31.2. The number of benzene rings is 10. The number of para-hydroxylation sites is 3. The van der Waals surface area contributed by atoms with Crippen LogP contribution in [0.25, 0.3) is 88.4 Å². The molecule has 3 heteroatoms. The Bertz CT molecular complexity index is 3460. The van der Waals surface area contributed by atoms with Crippen LogP contribution in [-0.2, 0) is 0 Å². The number of nitrogens with zero attached hydrogens (tertiary/aromatic N) is 3. The summed E-state index contributed by atoms with van der Waals surface area (Å²) in [5, 5.41) is 4.97. The Kier molecular flexibility index (Phi) is 8.83. The van der Waals surface area contributed by atoms with E-state index in [1.54, 1.807) is 0 Å². The van der Waals surface area contributed by atoms with E-state index in [-0.39, 0.29) is 0 Å². The molecule has 296 valence electrons. The summed E-state index contributed by atoms with van der Waals surface area (Å²) in [6.45, 7) is 0. The molecule has 0 spiro atoms. The monoisotopic (exact) mass is 803 g/mol. The Morgan fingerprint density at radius 3 is 1.13 bits per heavy atom. The molecule has 0 atom stereocenters. The smallest absolute Gasteiger partial charge is 0.0541 e. The minimum absolute atomic E-state index is 1.09. The van der Waals surface area contributed by atoms with Gasteiger partial charge in [0.25, 0.3) is 0 Å². The summed E-state index contributed by atoms with van der Waals surface area (Å²) in [5.74, 6) is 0. The van der Waals surface area contributed by atoms with Gasteiger partial charge >= 0.3 is 0 Å². The van der Waals surface area contributed by atoms with Gasteiger partial charge in [0, 0.05) is 50.0 Å². The van der Waals surface area contributed by atoms with Gasteiger partial charge in [-0.2, -0.15) is 0 Å². The van der Waals surface area contributed by atoms with Crippen molar-refractivity contribution in [3.05, 3.63) is 249 Å². The minimum atomic E-state index is 1.09. The summed E-state index contributed by atoms with van der Waals surface area (Å²) in [6.07, 6.45) is 0. The topological polar surface area (TPSA) is 13.1 Å². The van der Waals surface area contributed by atoms with Crippen LogP contribution in [0.3, 0.4) is 0 Å². The highest BCUT2D eigenvalue weighted by molar-refractivity contribution is 6.11. The molecule has 0 amide bonds. The first kappa shape index (κ1) is 36.5. The van der Waals surface area contributed by atoms with Gasteiger partial charge in [-0.15, -0.1) is 0 Å². The largest absolute Gasteiger partial charge is 0.310 e. The van der Waals surface area contributed by atoms with Crippen LogP contribution in [0.5, 0.6) is 0 Å². The molecule has 10 aromatic carbocycles. The maximum Gasteiger partial charge on any atom is 0.0541 e. The maximum atomic E-state index is 2.42. The van der Waals surface area contributed by atoms with Gasteiger partial charge < -0.3 is 14.0 Å². The highest BCUT2D eigenvalue weighted by atomic mass is 15.1. The van der Waals surface area contributed by atoms with E-state index in [1.807, 2.05) is 0 Å². The zero-order valence-corrected chi connectivity index (χ0v) is 34.5. The summed E-state index contributed by atoms with van der Waals surface area (Å²) in [5.41, 5.74) is 17.5. The predicted molar refractivity (Wildman–Crippen MR) is 266 cm³/mol. The molecule has 0 aliphatic heterocycles. The third-order valence-corrected chi connectivity index (χ3v) is 12.5. The summed E-state index contributed by atoms with van der Waals surface area (Å²) in [7, 11) is 0. The van der Waals surface area contributed by atoms with Crippen molar-refractivity contribution < 1.29 is 0 Å². The standard InChI is InChI=1S/C60H41N3/c1-3-15-42(16-4-1)44-29-34-48(35-30-44)61(49-36-31-45(32-37-49)43-17-5-2-6-18-43)50-20-13-19-46(39-50)47-33-38-60-56(40-47)55-25-9-12-28-59(55)63(60)52-22-14-21-51(41-52)62-57-26-10-7-23-53(57)54-24-8-11-27-58(54)62/h1-41H. The van der Waals surface area contributed by atoms with Crippen LogP contribution in [0.1, 0.15) is 0 Å². The Morgan fingerprint density at radius 2 is 0.603 bits per heavy atom. The fraction of sp³-hybridized carbons (Fsp3) is 0. The van der Waals surface area contributed by atoms with E-state index in [9.17, 15) is 0 Å². The minimum Gasteiger partial charge on any atom is -0.310 e. The van der Waals surface area contributed by atoms with Crippen LogP contribution in [-0.4, -0.2) is 9.13 Å². The normalized spacial score (nSPS) is 11.5. The van der Waals surface area contributed by atoms with E-state index >= 15 is 0 Å². The van der Waals surface area contributed by atoms with Gasteiger partial charge in [-0.1, -0.05) is 164 Å². The summed E-state index contributed by atoms with van der Waals surface area (Å²) < 4.78 is 4.81. The van der Waals surface area contributed by atoms with E-state index in [0.29, 0.717) is 0 Å². The van der Waals surface area contributed by atoms with Crippen molar-refractivity contribution >= 4 is 60.7 Å². The second kappa shape index (κ2) is 15.3. The van der Waals surface area contributed by atoms with Crippen molar-refractivity contribution in [3.63, 3.8) is 0 Å². The van der Waals surface area contributed by atoms with Crippen molar-refractivity contribution in [2.75, 3.05) is 4.90 Å². The van der Waals surface area contributed by atoms with Crippen molar-refractivity contribution in [3.8, 4) is 44.8 Å². The second-order valence-corrected chi connectivity index (χ2v) is 16.2. The van der Waals surface area contributed by atoms with Crippen LogP contribution in [0, 0.1) is 0 Å². The van der Waals surface area contributed by atoms with Crippen LogP contribution in [0.2, 0.25) is 0 Å². The number of anilines is 3. The average molecular weight is 804 g/mol. The Labute approximate surface area is 366 Å². The fourth-order valence-corrected chi connectivity index (χ4v) is 9.54. The molecule has 12 aromatic rings. The molecule has 0 aliphatic rings. The molecule has 2 aromatic heterocycles. The van der Waals surface area contributed by atoms with Crippen molar-refractivity contribution in [2.24, 2.45) is 0 Å². The molecular formula is C60H41N3. The van der Waals surface area contributed by atoms with E-state index in [1.165, 1.54) is 71.4 Å². The van der Waals surface area contributed by atoms with E-state index < -0.39 is 0 Å². The molecule has 0 N–H and O–H groups in total. The average Bonchev–Trinajstić information content (AvgIpc) is 3.88. The van der Waals surface area contributed by atoms with Crippen LogP contribution < -0.4 is 4.90 Å². The molecule has 0 saturated carbocycles. The number of hydrogen-bond acceptors (Lipinski definition) is 1. The number of rotatable bonds is 8. The Hall–Kier alpha value is -8.40. The molecular weight excluding hydrogens is 763 g/mol. The summed E-state index contributed by atoms with van der Waals surface area (Å²) in [4.78, 5) is 2.36. The highest BCUT2D eigenvalue weighted by Gasteiger charge is 2.18. The predicted octanol–water partition coefficient (Wildman–Crippen LogP) is 16.4. The lowest BCUT2D eigenvalue weighted by Crippen LogP contribution is -2.10. The third kappa shape index (κ3) is 6.38. The molecule has 63 heavy (non-hydrogen) atoms. The molecule has 3 nitrogen and oxygen atoms in total. The first-order valence-electron chi connectivity index (χ1n) is 21.6. The molecule has 0 radical (unpaired) electrons. The van der Waals surface area contributed by atoms with Crippen molar-refractivity contribution in [2.45, 2.75) is 0 Å². The lowest BCUT2D eigenvalue weighted by Gasteiger charge is -2.26. The molecule has 12 rings (SSSR count). The van der Waals surface area contributed by atoms with E-state index in [2.05, 4.69) is 263 Å². The van der Waals surface area contributed by atoms with Gasteiger partial charge in [-0.05, 0) is 118 Å². The summed E-state index contributed by atoms with van der Waals surface area (Å²) >= 11 is 0. The van der Waals surface area contributed by atoms with Crippen LogP contribution in [0.15, 0.2) is 249 Å². The molecule has 0 unspecified atom stereocenters. The van der Waals surface area contributed by atoms with E-state index in [4.69, 9.17) is 0 Å². The number of hydrogen-bond donors (Lipinski definition) is 0. The molecule has 0 bridgehead atoms. The molecule has 0 aliphatic carbocycles. The fourth-order valence-electron chi connectivity index (χ4n) is 9.54. The van der Waals surface area contributed by atoms with Crippen molar-refractivity contribution in [1.29, 1.82) is 0 Å². The lowest BCUT2D eigenvalue weighted by molar-refractivity contribution is 1.13. The maximum absolute atomic E-state index is 2.42. The van der Waals surface area contributed by atoms with Gasteiger partial charge in [-0.3, -0.25) is 0 Å². The molecule has 0 fully saturated rings. The third-order valence-electron chi connectivity index (χ3n) is 12.5. The van der Waals surface area contributed by atoms with Gasteiger partial charge in [0.15, 0.2) is 0 Å². The Morgan fingerprint density at radius 1 is 0.222 bits per heavy atom.